The lowest BCUT2D eigenvalue weighted by atomic mass is 9.98. The lowest BCUT2D eigenvalue weighted by Crippen LogP contribution is -2.27. The quantitative estimate of drug-likeness (QED) is 0.372. The molecule has 0 unspecified atom stereocenters. The van der Waals surface area contributed by atoms with E-state index in [4.69, 9.17) is 4.74 Å². The number of nitrogens with zero attached hydrogens (tertiary/aromatic N) is 5. The third-order valence-corrected chi connectivity index (χ3v) is 5.34. The minimum Gasteiger partial charge on any atom is -0.386 e. The number of nitrogens with one attached hydrogen (secondary N) is 2. The molecule has 0 radical (unpaired) electrons. The number of anilines is 2. The number of rotatable bonds is 9. The van der Waals surface area contributed by atoms with Gasteiger partial charge in [0.25, 0.3) is 0 Å². The predicted octanol–water partition coefficient (Wildman–Crippen LogP) is 4.45. The molecule has 0 bridgehead atoms. The van der Waals surface area contributed by atoms with Crippen molar-refractivity contribution in [3.05, 3.63) is 77.9 Å². The van der Waals surface area contributed by atoms with E-state index in [1.165, 1.54) is 0 Å². The zero-order valence-electron chi connectivity index (χ0n) is 18.6. The first kappa shape index (κ1) is 22.0. The number of aromatic amines is 1. The number of hydrogen-bond donors (Lipinski definition) is 2. The topological polar surface area (TPSA) is 103 Å². The van der Waals surface area contributed by atoms with E-state index in [2.05, 4.69) is 61.2 Å². The second-order valence-corrected chi connectivity index (χ2v) is 7.36. The fraction of sp³-hybridized carbons (Fsp3) is 0.200. The Bertz CT molecular complexity index is 1230. The molecule has 0 aliphatic rings. The van der Waals surface area contributed by atoms with Gasteiger partial charge in [0.15, 0.2) is 0 Å². The van der Waals surface area contributed by atoms with Crippen molar-refractivity contribution in [1.29, 1.82) is 5.26 Å². The van der Waals surface area contributed by atoms with Gasteiger partial charge in [-0.15, -0.1) is 10.2 Å². The van der Waals surface area contributed by atoms with E-state index in [0.29, 0.717) is 31.3 Å². The summed E-state index contributed by atoms with van der Waals surface area (Å²) >= 11 is 0. The minimum absolute atomic E-state index is 0.381. The van der Waals surface area contributed by atoms with E-state index in [-0.39, 0.29) is 0 Å². The van der Waals surface area contributed by atoms with Crippen molar-refractivity contribution >= 4 is 11.4 Å². The highest BCUT2D eigenvalue weighted by molar-refractivity contribution is 5.80. The SMILES string of the molecule is CCOCN(Cc1ccc(-c2ccccc2-c2nn[nH]n2)cc1)c1c(C#N)cccc1NC. The highest BCUT2D eigenvalue weighted by Crippen LogP contribution is 2.32. The largest absolute Gasteiger partial charge is 0.386 e. The summed E-state index contributed by atoms with van der Waals surface area (Å²) in [7, 11) is 1.86. The summed E-state index contributed by atoms with van der Waals surface area (Å²) in [5.74, 6) is 0.560. The molecule has 0 aliphatic carbocycles. The average Bonchev–Trinajstić information content (AvgIpc) is 3.41. The van der Waals surface area contributed by atoms with Crippen molar-refractivity contribution < 1.29 is 4.74 Å². The van der Waals surface area contributed by atoms with Crippen LogP contribution in [0.2, 0.25) is 0 Å². The van der Waals surface area contributed by atoms with Crippen LogP contribution in [0.1, 0.15) is 18.1 Å². The summed E-state index contributed by atoms with van der Waals surface area (Å²) in [6, 6.07) is 24.3. The van der Waals surface area contributed by atoms with E-state index in [9.17, 15) is 5.26 Å². The summed E-state index contributed by atoms with van der Waals surface area (Å²) in [6.45, 7) is 3.53. The monoisotopic (exact) mass is 439 g/mol. The standard InChI is InChI=1S/C25H25N7O/c1-3-33-17-32(24-20(15-26)7-6-10-23(24)27-2)16-18-11-13-19(14-12-18)21-8-4-5-9-22(21)25-28-30-31-29-25/h4-14,27H,3,16-17H2,1-2H3,(H,28,29,30,31). The second kappa shape index (κ2) is 10.4. The Morgan fingerprint density at radius 1 is 1.03 bits per heavy atom. The van der Waals surface area contributed by atoms with Gasteiger partial charge in [-0.25, -0.2) is 0 Å². The summed E-state index contributed by atoms with van der Waals surface area (Å²) in [5.41, 5.74) is 6.44. The molecular weight excluding hydrogens is 414 g/mol. The summed E-state index contributed by atoms with van der Waals surface area (Å²) in [6.07, 6.45) is 0. The zero-order valence-corrected chi connectivity index (χ0v) is 18.6. The lowest BCUT2D eigenvalue weighted by molar-refractivity contribution is 0.146. The zero-order chi connectivity index (χ0) is 23.0. The molecule has 0 spiro atoms. The van der Waals surface area contributed by atoms with E-state index in [1.807, 2.05) is 56.4 Å². The van der Waals surface area contributed by atoms with Crippen LogP contribution in [0, 0.1) is 11.3 Å². The molecule has 0 saturated heterocycles. The third-order valence-electron chi connectivity index (χ3n) is 5.34. The van der Waals surface area contributed by atoms with Crippen molar-refractivity contribution in [3.8, 4) is 28.6 Å². The molecule has 8 nitrogen and oxygen atoms in total. The Morgan fingerprint density at radius 2 is 1.82 bits per heavy atom. The van der Waals surface area contributed by atoms with Gasteiger partial charge in [0.05, 0.1) is 16.9 Å². The van der Waals surface area contributed by atoms with Crippen LogP contribution >= 0.6 is 0 Å². The van der Waals surface area contributed by atoms with Gasteiger partial charge in [-0.1, -0.05) is 54.6 Å². The van der Waals surface area contributed by atoms with Crippen LogP contribution in [0.15, 0.2) is 66.7 Å². The molecule has 0 fully saturated rings. The van der Waals surface area contributed by atoms with Crippen molar-refractivity contribution in [3.63, 3.8) is 0 Å². The molecule has 0 aliphatic heterocycles. The number of hydrogen-bond acceptors (Lipinski definition) is 7. The van der Waals surface area contributed by atoms with E-state index in [1.54, 1.807) is 0 Å². The van der Waals surface area contributed by atoms with Gasteiger partial charge >= 0.3 is 0 Å². The molecule has 8 heteroatoms. The van der Waals surface area contributed by atoms with Crippen molar-refractivity contribution in [2.24, 2.45) is 0 Å². The normalized spacial score (nSPS) is 10.6. The number of ether oxygens (including phenoxy) is 1. The number of H-pyrrole nitrogens is 1. The molecular formula is C25H25N7O. The minimum atomic E-state index is 0.381. The third kappa shape index (κ3) is 4.84. The van der Waals surface area contributed by atoms with Crippen LogP contribution in [0.3, 0.4) is 0 Å². The summed E-state index contributed by atoms with van der Waals surface area (Å²) in [5, 5.41) is 27.3. The number of nitriles is 1. The maximum atomic E-state index is 9.68. The molecule has 1 heterocycles. The molecule has 4 rings (SSSR count). The van der Waals surface area contributed by atoms with Gasteiger partial charge in [-0.05, 0) is 41.0 Å². The number of para-hydroxylation sites is 1. The average molecular weight is 440 g/mol. The van der Waals surface area contributed by atoms with Gasteiger partial charge in [0.2, 0.25) is 5.82 Å². The highest BCUT2D eigenvalue weighted by atomic mass is 16.5. The molecule has 1 aromatic heterocycles. The van der Waals surface area contributed by atoms with Gasteiger partial charge < -0.3 is 15.0 Å². The van der Waals surface area contributed by atoms with Crippen LogP contribution in [0.4, 0.5) is 11.4 Å². The second-order valence-electron chi connectivity index (χ2n) is 7.36. The molecule has 2 N–H and O–H groups in total. The molecule has 0 atom stereocenters. The van der Waals surface area contributed by atoms with E-state index in [0.717, 1.165) is 33.6 Å². The van der Waals surface area contributed by atoms with Gasteiger partial charge in [-0.2, -0.15) is 10.5 Å². The molecule has 33 heavy (non-hydrogen) atoms. The van der Waals surface area contributed by atoms with Crippen LogP contribution < -0.4 is 10.2 Å². The Hall–Kier alpha value is -4.22. The molecule has 0 saturated carbocycles. The van der Waals surface area contributed by atoms with Crippen molar-refractivity contribution in [2.45, 2.75) is 13.5 Å². The Kier molecular flexibility index (Phi) is 6.93. The van der Waals surface area contributed by atoms with Crippen LogP contribution in [0.25, 0.3) is 22.5 Å². The molecule has 4 aromatic rings. The molecule has 166 valence electrons. The smallest absolute Gasteiger partial charge is 0.205 e. The van der Waals surface area contributed by atoms with Crippen molar-refractivity contribution in [2.75, 3.05) is 30.6 Å². The van der Waals surface area contributed by atoms with Crippen LogP contribution in [0.5, 0.6) is 0 Å². The molecule has 3 aromatic carbocycles. The van der Waals surface area contributed by atoms with Crippen LogP contribution in [-0.4, -0.2) is 41.0 Å². The number of tetrazole rings is 1. The van der Waals surface area contributed by atoms with Crippen LogP contribution in [-0.2, 0) is 11.3 Å². The summed E-state index contributed by atoms with van der Waals surface area (Å²) < 4.78 is 5.74. The number of benzene rings is 3. The lowest BCUT2D eigenvalue weighted by Gasteiger charge is -2.27. The Morgan fingerprint density at radius 3 is 2.48 bits per heavy atom. The number of aromatic nitrogens is 4. The van der Waals surface area contributed by atoms with Crippen molar-refractivity contribution in [1.82, 2.24) is 20.6 Å². The predicted molar refractivity (Wildman–Crippen MR) is 128 cm³/mol. The van der Waals surface area contributed by atoms with Gasteiger partial charge in [0, 0.05) is 25.8 Å². The first-order valence-corrected chi connectivity index (χ1v) is 10.7. The maximum absolute atomic E-state index is 9.68. The van der Waals surface area contributed by atoms with E-state index < -0.39 is 0 Å². The fourth-order valence-electron chi connectivity index (χ4n) is 3.78. The molecule has 0 amide bonds. The first-order valence-electron chi connectivity index (χ1n) is 10.7. The Balaban J connectivity index is 1.64. The van der Waals surface area contributed by atoms with Gasteiger partial charge in [0.1, 0.15) is 12.8 Å². The van der Waals surface area contributed by atoms with Gasteiger partial charge in [-0.3, -0.25) is 0 Å². The highest BCUT2D eigenvalue weighted by Gasteiger charge is 2.17. The summed E-state index contributed by atoms with van der Waals surface area (Å²) in [4.78, 5) is 2.08. The van der Waals surface area contributed by atoms with E-state index >= 15 is 0 Å². The fourth-order valence-corrected chi connectivity index (χ4v) is 3.78. The Labute approximate surface area is 192 Å². The maximum Gasteiger partial charge on any atom is 0.205 e. The first-order chi connectivity index (χ1) is 16.2.